The zero-order valence-corrected chi connectivity index (χ0v) is 53.9. The van der Waals surface area contributed by atoms with Crippen LogP contribution in [0.15, 0.2) is 109 Å². The van der Waals surface area contributed by atoms with Gasteiger partial charge in [-0.3, -0.25) is 19.1 Å². The molecule has 11 atom stereocenters. The lowest BCUT2D eigenvalue weighted by Crippen LogP contribution is -2.81. The molecule has 92 heavy (non-hydrogen) atoms. The molecule has 0 unspecified atom stereocenters. The van der Waals surface area contributed by atoms with Crippen LogP contribution in [0.4, 0.5) is 4.79 Å². The fourth-order valence-corrected chi connectivity index (χ4v) is 13.6. The molecule has 2 saturated carbocycles. The molecule has 0 spiro atoms. The van der Waals surface area contributed by atoms with Crippen LogP contribution in [-0.4, -0.2) is 157 Å². The molecule has 0 radical (unpaired) electrons. The van der Waals surface area contributed by atoms with Gasteiger partial charge in [0.1, 0.15) is 70.9 Å². The van der Waals surface area contributed by atoms with E-state index < -0.39 is 124 Å². The second-order valence-corrected chi connectivity index (χ2v) is 26.9. The first-order valence-corrected chi connectivity index (χ1v) is 30.6. The van der Waals surface area contributed by atoms with Crippen LogP contribution in [0.1, 0.15) is 130 Å². The highest BCUT2D eigenvalue weighted by Gasteiger charge is 2.78. The van der Waals surface area contributed by atoms with Crippen molar-refractivity contribution >= 4 is 35.7 Å². The van der Waals surface area contributed by atoms with Gasteiger partial charge in [-0.15, -0.1) is 0 Å². The Balaban J connectivity index is 0.000000230. The van der Waals surface area contributed by atoms with E-state index in [-0.39, 0.29) is 35.8 Å². The Labute approximate surface area is 532 Å². The van der Waals surface area contributed by atoms with Gasteiger partial charge in [0.25, 0.3) is 0 Å². The molecule has 2 bridgehead atoms. The van der Waals surface area contributed by atoms with Crippen molar-refractivity contribution in [3.8, 4) is 39.8 Å². The number of alkyl carbamates (subject to hydrolysis) is 1. The van der Waals surface area contributed by atoms with Crippen molar-refractivity contribution in [2.24, 2.45) is 22.5 Å². The van der Waals surface area contributed by atoms with Gasteiger partial charge in [0.2, 0.25) is 5.91 Å². The predicted molar refractivity (Wildman–Crippen MR) is 331 cm³/mol. The number of Topliss-reactive ketones (excluding diaryl/α,β-unsaturated/α-hetero) is 1. The van der Waals surface area contributed by atoms with Crippen LogP contribution < -0.4 is 15.8 Å². The maximum atomic E-state index is 14.9. The maximum absolute atomic E-state index is 14.9. The normalized spacial score (nSPS) is 26.2. The number of benzene rings is 3. The van der Waals surface area contributed by atoms with Crippen LogP contribution in [0.3, 0.4) is 0 Å². The Morgan fingerprint density at radius 1 is 0.880 bits per heavy atom. The van der Waals surface area contributed by atoms with Crippen molar-refractivity contribution < 1.29 is 77.6 Å². The number of carbonyl (C=O) groups excluding carboxylic acids is 6. The van der Waals surface area contributed by atoms with Gasteiger partial charge in [-0.25, -0.2) is 29.0 Å². The molecule has 3 aromatic carbocycles. The van der Waals surface area contributed by atoms with Crippen LogP contribution in [0.25, 0.3) is 34.0 Å². The average molecular weight is 1270 g/mol. The third-order valence-corrected chi connectivity index (χ3v) is 18.7. The number of rotatable bonds is 13. The number of nitrogens with zero attached hydrogens (tertiary/aromatic N) is 7. The first-order chi connectivity index (χ1) is 43.1. The number of primary amides is 1. The fraction of sp³-hybridized carbons (Fsp3) is 0.493. The van der Waals surface area contributed by atoms with Gasteiger partial charge < -0.3 is 64.5 Å². The van der Waals surface area contributed by atoms with Crippen LogP contribution in [0.2, 0.25) is 0 Å². The number of hydrogen-bond donors (Lipinski definition) is 6. The summed E-state index contributed by atoms with van der Waals surface area (Å²) in [6, 6.07) is 20.8. The van der Waals surface area contributed by atoms with E-state index >= 15 is 0 Å². The molecule has 25 heteroatoms. The molecule has 490 valence electrons. The lowest BCUT2D eigenvalue weighted by atomic mass is 9.44. The maximum Gasteiger partial charge on any atom is 0.408 e. The Kier molecular flexibility index (Phi) is 17.6. The van der Waals surface area contributed by atoms with E-state index in [0.717, 1.165) is 52.5 Å². The summed E-state index contributed by atoms with van der Waals surface area (Å²) in [6.45, 7) is 22.5. The Hall–Kier alpha value is -8.62. The average Bonchev–Trinajstić information content (AvgIpc) is 0.774. The zero-order valence-electron chi connectivity index (χ0n) is 53.9. The minimum absolute atomic E-state index is 0.0637. The molecule has 25 nitrogen and oxygen atoms in total. The number of hydrogen-bond acceptors (Lipinski definition) is 20. The van der Waals surface area contributed by atoms with Crippen molar-refractivity contribution in [3.05, 3.63) is 126 Å². The first kappa shape index (κ1) is 66.3. The highest BCUT2D eigenvalue weighted by atomic mass is 16.6. The minimum Gasteiger partial charge on any atom is -0.491 e. The van der Waals surface area contributed by atoms with E-state index in [1.54, 1.807) is 108 Å². The number of esters is 3. The summed E-state index contributed by atoms with van der Waals surface area (Å²) in [6.07, 6.45) is -5.92. The molecule has 6 aromatic rings. The smallest absolute Gasteiger partial charge is 0.408 e. The lowest BCUT2D eigenvalue weighted by Gasteiger charge is -2.67. The van der Waals surface area contributed by atoms with Gasteiger partial charge in [-0.05, 0) is 116 Å². The summed E-state index contributed by atoms with van der Waals surface area (Å²) in [4.78, 5) is 90.3. The monoisotopic (exact) mass is 1270 g/mol. The Bertz CT molecular complexity index is 3870. The number of nitrogens with two attached hydrogens (primary N) is 1. The third-order valence-electron chi connectivity index (χ3n) is 18.7. The number of ether oxygens (including phenoxy) is 6. The molecule has 1 saturated heterocycles. The van der Waals surface area contributed by atoms with Crippen molar-refractivity contribution in [2.45, 2.75) is 180 Å². The topological polar surface area (TPSA) is 343 Å². The van der Waals surface area contributed by atoms with Crippen molar-refractivity contribution in [2.75, 3.05) is 13.2 Å². The van der Waals surface area contributed by atoms with Gasteiger partial charge in [0, 0.05) is 49.2 Å². The molecule has 3 aliphatic carbocycles. The fourth-order valence-electron chi connectivity index (χ4n) is 13.6. The number of fused-ring (bicyclic) bond motifs is 8. The summed E-state index contributed by atoms with van der Waals surface area (Å²) < 4.78 is 41.2. The molecule has 11 rings (SSSR count). The lowest BCUT2D eigenvalue weighted by molar-refractivity contribution is -0.346. The molecular formula is C67H81N9O16. The molecule has 3 aromatic heterocycles. The number of imidazole rings is 1. The predicted octanol–water partition coefficient (Wildman–Crippen LogP) is 6.43. The third kappa shape index (κ3) is 11.8. The largest absolute Gasteiger partial charge is 0.491 e. The molecule has 2 aliphatic heterocycles. The zero-order chi connectivity index (χ0) is 66.9. The van der Waals surface area contributed by atoms with Crippen LogP contribution in [0, 0.1) is 23.7 Å². The van der Waals surface area contributed by atoms with E-state index in [0.29, 0.717) is 18.7 Å². The second-order valence-electron chi connectivity index (χ2n) is 26.9. The highest BCUT2D eigenvalue weighted by Crippen LogP contribution is 2.64. The van der Waals surface area contributed by atoms with Crippen molar-refractivity contribution in [3.63, 3.8) is 0 Å². The van der Waals surface area contributed by atoms with Gasteiger partial charge >= 0.3 is 24.0 Å². The number of carbonyl (C=O) groups is 6. The van der Waals surface area contributed by atoms with Crippen LogP contribution in [-0.2, 0) is 54.9 Å². The number of aromatic nitrogens is 7. The van der Waals surface area contributed by atoms with E-state index in [1.807, 2.05) is 42.2 Å². The molecule has 5 heterocycles. The SMILES string of the molecule is CC(=O)O[C@@]12CO[C@@H]1C[C@H](O)[C@@]1(C)C(=O)[C@H](O)C3=C(C)[C@@H](OC(=O)[C@H](O)[C@@H](NC(=O)OC(C)(C)C)c4ccccc4)C[C@@](O)([C@@H](OC(=O)c4ccccc4)[C@H]21)C3(C)C.Cc1nc(-c2cn3c(n2)-c2ccc(-c4cnn(C(C)(C)C(N)=O)c4)cc2OCC3)n(C(C)C)n1. The van der Waals surface area contributed by atoms with Crippen LogP contribution >= 0.6 is 0 Å². The number of aliphatic hydroxyl groups excluding tert-OH is 3. The number of aryl methyl sites for hydroxylation is 1. The van der Waals surface area contributed by atoms with Gasteiger partial charge in [-0.2, -0.15) is 10.2 Å². The summed E-state index contributed by atoms with van der Waals surface area (Å²) in [7, 11) is 0. The molecule has 2 amide bonds. The van der Waals surface area contributed by atoms with E-state index in [9.17, 15) is 49.2 Å². The summed E-state index contributed by atoms with van der Waals surface area (Å²) in [5.41, 5.74) is -0.0232. The second kappa shape index (κ2) is 24.4. The molecule has 3 fully saturated rings. The molecule has 5 aliphatic rings. The molecular weight excluding hydrogens is 1190 g/mol. The van der Waals surface area contributed by atoms with Gasteiger partial charge in [-0.1, -0.05) is 68.4 Å². The summed E-state index contributed by atoms with van der Waals surface area (Å²) >= 11 is 0. The summed E-state index contributed by atoms with van der Waals surface area (Å²) in [5, 5.41) is 60.4. The van der Waals surface area contributed by atoms with Gasteiger partial charge in [0.15, 0.2) is 23.3 Å². The first-order valence-electron chi connectivity index (χ1n) is 30.6. The number of aliphatic hydroxyl groups is 4. The number of nitrogens with one attached hydrogen (secondary N) is 1. The van der Waals surface area contributed by atoms with Crippen LogP contribution in [0.5, 0.6) is 5.75 Å². The quantitative estimate of drug-likeness (QED) is 0.0412. The van der Waals surface area contributed by atoms with E-state index in [2.05, 4.69) is 38.9 Å². The van der Waals surface area contributed by atoms with E-state index in [4.69, 9.17) is 39.1 Å². The highest BCUT2D eigenvalue weighted by molar-refractivity contribution is 5.94. The van der Waals surface area contributed by atoms with Crippen molar-refractivity contribution in [1.29, 1.82) is 0 Å². The number of ketones is 1. The minimum atomic E-state index is -2.35. The summed E-state index contributed by atoms with van der Waals surface area (Å²) in [5.74, 6) is -2.75. The van der Waals surface area contributed by atoms with Gasteiger partial charge in [0.05, 0.1) is 54.0 Å². The van der Waals surface area contributed by atoms with Crippen molar-refractivity contribution in [1.82, 2.24) is 39.4 Å². The van der Waals surface area contributed by atoms with E-state index in [1.165, 1.54) is 26.0 Å². The Morgan fingerprint density at radius 3 is 2.17 bits per heavy atom. The standard InChI is InChI=1S/C43H53NO14.C24H28N8O2/c1-22-26(55-37(51)32(48)30(24-15-11-9-12-16-24)44-38(52)58-39(3,4)5)20-43(53)35(56-36(50)25-17-13-10-14-18-25)33-41(8,34(49)31(47)29(22)40(43,6)7)27(46)19-28-42(33,21-54-28)57-23(2)45;1-14(2)32-22(27-15(3)29-32)19-13-30-8-9-34-20-10-16(6-7-18(20)21(30)28-19)17-11-26-31(12-17)24(4,5)23(25)33/h9-18,26-28,30-33,35,46-48,53H,19-21H2,1-8H3,(H,44,52);6-7,10-14H,8-9H2,1-5H3,(H2,25,33)/t26-,27-,28+,30-,31+,32+,33-,35-,41+,42-,43+;/m0./s1. The molecule has 7 N–H and O–H groups in total. The Morgan fingerprint density at radius 2 is 1.55 bits per heavy atom. The number of amides is 2.